The monoisotopic (exact) mass is 254 g/mol. The molecule has 0 aromatic heterocycles. The summed E-state index contributed by atoms with van der Waals surface area (Å²) in [5, 5.41) is 3.72. The number of likely N-dealkylation sites (N-methyl/N-ethyl adjacent to an activating group) is 2. The van der Waals surface area contributed by atoms with Crippen LogP contribution in [0.5, 0.6) is 0 Å². The van der Waals surface area contributed by atoms with E-state index in [0.717, 1.165) is 31.8 Å². The Balaban J connectivity index is 1.96. The van der Waals surface area contributed by atoms with Crippen molar-refractivity contribution in [1.82, 2.24) is 10.2 Å². The zero-order valence-electron chi connectivity index (χ0n) is 12.2. The van der Waals surface area contributed by atoms with Gasteiger partial charge in [0.25, 0.3) is 0 Å². The lowest BCUT2D eigenvalue weighted by molar-refractivity contribution is 0.0202. The Kier molecular flexibility index (Phi) is 5.93. The molecule has 2 rings (SSSR count). The van der Waals surface area contributed by atoms with Crippen molar-refractivity contribution in [2.75, 3.05) is 26.8 Å². The van der Waals surface area contributed by atoms with Crippen molar-refractivity contribution >= 4 is 0 Å². The van der Waals surface area contributed by atoms with Gasteiger partial charge in [0, 0.05) is 31.3 Å². The molecule has 0 aromatic rings. The van der Waals surface area contributed by atoms with Crippen molar-refractivity contribution in [3.8, 4) is 0 Å². The van der Waals surface area contributed by atoms with E-state index in [0.29, 0.717) is 6.04 Å². The molecule has 3 heteroatoms. The Morgan fingerprint density at radius 2 is 1.78 bits per heavy atom. The number of nitrogens with zero attached hydrogens (tertiary/aromatic N) is 1. The van der Waals surface area contributed by atoms with E-state index in [1.165, 1.54) is 44.9 Å². The SMILES string of the molecule is CCNC1CCCCCC1N(C)C1CCOCC1. The summed E-state index contributed by atoms with van der Waals surface area (Å²) in [5.41, 5.74) is 0. The molecule has 0 radical (unpaired) electrons. The van der Waals surface area contributed by atoms with E-state index in [1.54, 1.807) is 0 Å². The molecule has 0 bridgehead atoms. The predicted octanol–water partition coefficient (Wildman–Crippen LogP) is 2.41. The lowest BCUT2D eigenvalue weighted by atomic mass is 9.97. The van der Waals surface area contributed by atoms with Gasteiger partial charge in [0.2, 0.25) is 0 Å². The zero-order chi connectivity index (χ0) is 12.8. The average Bonchev–Trinajstić information content (AvgIpc) is 2.65. The fraction of sp³-hybridized carbons (Fsp3) is 1.00. The fourth-order valence-electron chi connectivity index (χ4n) is 3.64. The molecule has 0 amide bonds. The molecule has 0 aromatic carbocycles. The van der Waals surface area contributed by atoms with Crippen LogP contribution in [0, 0.1) is 0 Å². The van der Waals surface area contributed by atoms with Crippen LogP contribution in [0.2, 0.25) is 0 Å². The molecule has 1 saturated heterocycles. The van der Waals surface area contributed by atoms with Gasteiger partial charge in [0.15, 0.2) is 0 Å². The lowest BCUT2D eigenvalue weighted by Crippen LogP contribution is -2.52. The van der Waals surface area contributed by atoms with Gasteiger partial charge in [-0.15, -0.1) is 0 Å². The molecule has 2 fully saturated rings. The predicted molar refractivity (Wildman–Crippen MR) is 75.9 cm³/mol. The highest BCUT2D eigenvalue weighted by molar-refractivity contribution is 4.88. The summed E-state index contributed by atoms with van der Waals surface area (Å²) in [6.45, 7) is 5.24. The Labute approximate surface area is 112 Å². The Morgan fingerprint density at radius 3 is 2.50 bits per heavy atom. The van der Waals surface area contributed by atoms with E-state index in [-0.39, 0.29) is 0 Å². The van der Waals surface area contributed by atoms with E-state index in [9.17, 15) is 0 Å². The molecule has 3 nitrogen and oxygen atoms in total. The summed E-state index contributed by atoms with van der Waals surface area (Å²) >= 11 is 0. The van der Waals surface area contributed by atoms with Crippen molar-refractivity contribution in [1.29, 1.82) is 0 Å². The first-order chi connectivity index (χ1) is 8.83. The molecule has 18 heavy (non-hydrogen) atoms. The molecule has 0 spiro atoms. The lowest BCUT2D eigenvalue weighted by Gasteiger charge is -2.40. The first-order valence-corrected chi connectivity index (χ1v) is 7.86. The molecular formula is C15H30N2O. The van der Waals surface area contributed by atoms with E-state index in [4.69, 9.17) is 4.74 Å². The Hall–Kier alpha value is -0.120. The Morgan fingerprint density at radius 1 is 1.06 bits per heavy atom. The summed E-state index contributed by atoms with van der Waals surface area (Å²) in [6.07, 6.45) is 9.37. The first kappa shape index (κ1) is 14.3. The van der Waals surface area contributed by atoms with Crippen LogP contribution in [0.3, 0.4) is 0 Å². The quantitative estimate of drug-likeness (QED) is 0.780. The normalized spacial score (nSPS) is 31.5. The van der Waals surface area contributed by atoms with Crippen LogP contribution in [-0.4, -0.2) is 49.8 Å². The van der Waals surface area contributed by atoms with Crippen LogP contribution in [0.4, 0.5) is 0 Å². The highest BCUT2D eigenvalue weighted by atomic mass is 16.5. The topological polar surface area (TPSA) is 24.5 Å². The van der Waals surface area contributed by atoms with Gasteiger partial charge < -0.3 is 10.1 Å². The van der Waals surface area contributed by atoms with Crippen LogP contribution in [0.25, 0.3) is 0 Å². The van der Waals surface area contributed by atoms with Gasteiger partial charge in [0.1, 0.15) is 0 Å². The van der Waals surface area contributed by atoms with Gasteiger partial charge in [-0.3, -0.25) is 4.90 Å². The van der Waals surface area contributed by atoms with Crippen LogP contribution >= 0.6 is 0 Å². The minimum absolute atomic E-state index is 0.699. The summed E-state index contributed by atoms with van der Waals surface area (Å²) in [4.78, 5) is 2.67. The van der Waals surface area contributed by atoms with Crippen LogP contribution in [-0.2, 0) is 4.74 Å². The fourth-order valence-corrected chi connectivity index (χ4v) is 3.64. The van der Waals surface area contributed by atoms with Gasteiger partial charge in [-0.25, -0.2) is 0 Å². The number of nitrogens with one attached hydrogen (secondary N) is 1. The third-order valence-electron chi connectivity index (χ3n) is 4.74. The highest BCUT2D eigenvalue weighted by Gasteiger charge is 2.30. The average molecular weight is 254 g/mol. The molecule has 1 N–H and O–H groups in total. The van der Waals surface area contributed by atoms with E-state index in [1.807, 2.05) is 0 Å². The second-order valence-corrected chi connectivity index (χ2v) is 5.88. The summed E-state index contributed by atoms with van der Waals surface area (Å²) < 4.78 is 5.49. The van der Waals surface area contributed by atoms with Gasteiger partial charge in [-0.1, -0.05) is 26.2 Å². The molecule has 1 aliphatic heterocycles. The third-order valence-corrected chi connectivity index (χ3v) is 4.74. The minimum atomic E-state index is 0.699. The van der Waals surface area contributed by atoms with Gasteiger partial charge in [-0.05, 0) is 39.3 Å². The van der Waals surface area contributed by atoms with E-state index < -0.39 is 0 Å². The summed E-state index contributed by atoms with van der Waals surface area (Å²) in [7, 11) is 2.34. The molecule has 2 aliphatic rings. The number of hydrogen-bond acceptors (Lipinski definition) is 3. The van der Waals surface area contributed by atoms with Crippen molar-refractivity contribution in [3.05, 3.63) is 0 Å². The standard InChI is InChI=1S/C15H30N2O/c1-3-16-14-7-5-4-6-8-15(14)17(2)13-9-11-18-12-10-13/h13-16H,3-12H2,1-2H3. The molecule has 2 unspecified atom stereocenters. The van der Waals surface area contributed by atoms with Crippen LogP contribution < -0.4 is 5.32 Å². The summed E-state index contributed by atoms with van der Waals surface area (Å²) in [6, 6.07) is 2.17. The molecular weight excluding hydrogens is 224 g/mol. The van der Waals surface area contributed by atoms with Crippen molar-refractivity contribution in [2.24, 2.45) is 0 Å². The van der Waals surface area contributed by atoms with E-state index >= 15 is 0 Å². The number of ether oxygens (including phenoxy) is 1. The minimum Gasteiger partial charge on any atom is -0.381 e. The largest absolute Gasteiger partial charge is 0.381 e. The second-order valence-electron chi connectivity index (χ2n) is 5.88. The smallest absolute Gasteiger partial charge is 0.0480 e. The number of hydrogen-bond donors (Lipinski definition) is 1. The van der Waals surface area contributed by atoms with Gasteiger partial charge >= 0.3 is 0 Å². The van der Waals surface area contributed by atoms with E-state index in [2.05, 4.69) is 24.2 Å². The maximum Gasteiger partial charge on any atom is 0.0480 e. The third kappa shape index (κ3) is 3.69. The number of rotatable bonds is 4. The second kappa shape index (κ2) is 7.46. The molecule has 1 heterocycles. The molecule has 106 valence electrons. The van der Waals surface area contributed by atoms with Crippen molar-refractivity contribution < 1.29 is 4.74 Å². The maximum absolute atomic E-state index is 5.49. The van der Waals surface area contributed by atoms with Gasteiger partial charge in [0.05, 0.1) is 0 Å². The maximum atomic E-state index is 5.49. The highest BCUT2D eigenvalue weighted by Crippen LogP contribution is 2.25. The summed E-state index contributed by atoms with van der Waals surface area (Å²) in [5.74, 6) is 0. The van der Waals surface area contributed by atoms with Crippen molar-refractivity contribution in [3.63, 3.8) is 0 Å². The van der Waals surface area contributed by atoms with Crippen LogP contribution in [0.15, 0.2) is 0 Å². The Bertz CT molecular complexity index is 229. The molecule has 1 aliphatic carbocycles. The first-order valence-electron chi connectivity index (χ1n) is 7.86. The van der Waals surface area contributed by atoms with Crippen LogP contribution in [0.1, 0.15) is 51.9 Å². The molecule has 2 atom stereocenters. The van der Waals surface area contributed by atoms with Gasteiger partial charge in [-0.2, -0.15) is 0 Å². The molecule has 1 saturated carbocycles. The zero-order valence-corrected chi connectivity index (χ0v) is 12.2. The van der Waals surface area contributed by atoms with Crippen molar-refractivity contribution in [2.45, 2.75) is 70.0 Å².